The SMILES string of the molecule is CC1(C)Cc2ccccc2[C@@H]2OCC3(CCN(CC(=O)N4CC(=O)Nc5ccccc54)CC3)C[C@H]21. The number of hydrogen-bond acceptors (Lipinski definition) is 4. The highest BCUT2D eigenvalue weighted by molar-refractivity contribution is 6.10. The topological polar surface area (TPSA) is 61.9 Å². The van der Waals surface area contributed by atoms with E-state index in [-0.39, 0.29) is 35.3 Å². The van der Waals surface area contributed by atoms with Gasteiger partial charge in [-0.2, -0.15) is 0 Å². The van der Waals surface area contributed by atoms with E-state index in [1.54, 1.807) is 4.90 Å². The van der Waals surface area contributed by atoms with Gasteiger partial charge in [-0.1, -0.05) is 50.2 Å². The molecule has 2 atom stereocenters. The summed E-state index contributed by atoms with van der Waals surface area (Å²) >= 11 is 0. The average Bonchev–Trinajstić information content (AvgIpc) is 2.85. The lowest BCUT2D eigenvalue weighted by Crippen LogP contribution is -2.53. The second kappa shape index (κ2) is 8.45. The molecule has 4 aliphatic rings. The fourth-order valence-electron chi connectivity index (χ4n) is 6.87. The fraction of sp³-hybridized carbons (Fsp3) is 0.517. The highest BCUT2D eigenvalue weighted by atomic mass is 16.5. The molecule has 1 N–H and O–H groups in total. The molecule has 6 rings (SSSR count). The summed E-state index contributed by atoms with van der Waals surface area (Å²) in [5.74, 6) is 0.371. The van der Waals surface area contributed by atoms with Crippen molar-refractivity contribution in [3.8, 4) is 0 Å². The second-order valence-corrected chi connectivity index (χ2v) is 11.7. The zero-order chi connectivity index (χ0) is 24.2. The molecule has 6 nitrogen and oxygen atoms in total. The Morgan fingerprint density at radius 2 is 1.83 bits per heavy atom. The van der Waals surface area contributed by atoms with Crippen LogP contribution in [-0.2, 0) is 20.7 Å². The number of likely N-dealkylation sites (tertiary alicyclic amines) is 1. The van der Waals surface area contributed by atoms with E-state index in [1.165, 1.54) is 17.5 Å². The Balaban J connectivity index is 1.12. The van der Waals surface area contributed by atoms with E-state index in [4.69, 9.17) is 4.74 Å². The smallest absolute Gasteiger partial charge is 0.244 e. The summed E-state index contributed by atoms with van der Waals surface area (Å²) in [5, 5.41) is 2.86. The van der Waals surface area contributed by atoms with Crippen LogP contribution in [0, 0.1) is 16.7 Å². The minimum Gasteiger partial charge on any atom is -0.373 e. The van der Waals surface area contributed by atoms with Crippen LogP contribution in [0.15, 0.2) is 48.5 Å². The minimum absolute atomic E-state index is 0.00627. The van der Waals surface area contributed by atoms with Crippen molar-refractivity contribution in [3.63, 3.8) is 0 Å². The van der Waals surface area contributed by atoms with E-state index in [1.807, 2.05) is 24.3 Å². The van der Waals surface area contributed by atoms with Crippen LogP contribution in [0.3, 0.4) is 0 Å². The molecule has 0 bridgehead atoms. The molecular formula is C29H35N3O3. The van der Waals surface area contributed by atoms with Crippen LogP contribution in [0.25, 0.3) is 0 Å². The number of piperidine rings is 1. The summed E-state index contributed by atoms with van der Waals surface area (Å²) in [7, 11) is 0. The summed E-state index contributed by atoms with van der Waals surface area (Å²) in [6.45, 7) is 7.84. The number of fused-ring (bicyclic) bond motifs is 4. The third kappa shape index (κ3) is 4.07. The van der Waals surface area contributed by atoms with Crippen LogP contribution in [0.1, 0.15) is 50.3 Å². The average molecular weight is 474 g/mol. The van der Waals surface area contributed by atoms with Crippen LogP contribution >= 0.6 is 0 Å². The van der Waals surface area contributed by atoms with Gasteiger partial charge < -0.3 is 10.1 Å². The van der Waals surface area contributed by atoms with Gasteiger partial charge in [-0.3, -0.25) is 19.4 Å². The number of carbonyl (C=O) groups excluding carboxylic acids is 2. The maximum Gasteiger partial charge on any atom is 0.244 e. The van der Waals surface area contributed by atoms with Crippen LogP contribution in [0.5, 0.6) is 0 Å². The number of anilines is 2. The number of carbonyl (C=O) groups is 2. The van der Waals surface area contributed by atoms with Gasteiger partial charge in [0.2, 0.25) is 11.8 Å². The molecule has 0 aromatic heterocycles. The van der Waals surface area contributed by atoms with Crippen molar-refractivity contribution in [2.75, 3.05) is 43.0 Å². The third-order valence-electron chi connectivity index (χ3n) is 8.95. The predicted molar refractivity (Wildman–Crippen MR) is 136 cm³/mol. The van der Waals surface area contributed by atoms with E-state index in [0.717, 1.165) is 44.6 Å². The van der Waals surface area contributed by atoms with Crippen LogP contribution < -0.4 is 10.2 Å². The summed E-state index contributed by atoms with van der Waals surface area (Å²) < 4.78 is 6.66. The molecule has 6 heteroatoms. The Bertz CT molecular complexity index is 1150. The number of nitrogens with zero attached hydrogens (tertiary/aromatic N) is 2. The lowest BCUT2D eigenvalue weighted by atomic mass is 9.57. The molecule has 0 saturated carbocycles. The molecule has 2 fully saturated rings. The molecule has 3 aliphatic heterocycles. The highest BCUT2D eigenvalue weighted by Crippen LogP contribution is 2.56. The summed E-state index contributed by atoms with van der Waals surface area (Å²) in [5.41, 5.74) is 4.73. The normalized spacial score (nSPS) is 26.9. The van der Waals surface area contributed by atoms with E-state index >= 15 is 0 Å². The van der Waals surface area contributed by atoms with Crippen LogP contribution in [0.4, 0.5) is 11.4 Å². The molecule has 0 unspecified atom stereocenters. The number of para-hydroxylation sites is 2. The van der Waals surface area contributed by atoms with Crippen LogP contribution in [0.2, 0.25) is 0 Å². The summed E-state index contributed by atoms with van der Waals surface area (Å²) in [6.07, 6.45) is 4.61. The lowest BCUT2D eigenvalue weighted by molar-refractivity contribution is -0.154. The highest BCUT2D eigenvalue weighted by Gasteiger charge is 2.51. The number of nitrogens with one attached hydrogen (secondary N) is 1. The maximum absolute atomic E-state index is 13.2. The van der Waals surface area contributed by atoms with E-state index in [9.17, 15) is 9.59 Å². The molecule has 2 saturated heterocycles. The van der Waals surface area contributed by atoms with Crippen molar-refractivity contribution in [2.24, 2.45) is 16.7 Å². The van der Waals surface area contributed by atoms with Crippen molar-refractivity contribution in [3.05, 3.63) is 59.7 Å². The van der Waals surface area contributed by atoms with E-state index in [2.05, 4.69) is 48.3 Å². The zero-order valence-electron chi connectivity index (χ0n) is 20.8. The van der Waals surface area contributed by atoms with Gasteiger partial charge in [0.15, 0.2) is 0 Å². The first-order valence-corrected chi connectivity index (χ1v) is 12.9. The Labute approximate surface area is 207 Å². The Kier molecular flexibility index (Phi) is 5.49. The molecule has 3 heterocycles. The fourth-order valence-corrected chi connectivity index (χ4v) is 6.87. The standard InChI is InChI=1S/C29H35N3O3/c1-28(2)15-20-7-3-4-8-21(20)27-22(28)16-29(19-35-27)11-13-31(14-12-29)18-26(34)32-17-25(33)30-23-9-5-6-10-24(23)32/h3-10,22,27H,11-19H2,1-2H3,(H,30,33)/t22-,27+/m1/s1. The molecule has 184 valence electrons. The maximum atomic E-state index is 13.2. The van der Waals surface area contributed by atoms with Crippen molar-refractivity contribution >= 4 is 23.2 Å². The Morgan fingerprint density at radius 3 is 2.66 bits per heavy atom. The van der Waals surface area contributed by atoms with Gasteiger partial charge in [0.05, 0.1) is 30.6 Å². The van der Waals surface area contributed by atoms with Crippen LogP contribution in [-0.4, -0.2) is 49.5 Å². The number of benzene rings is 2. The van der Waals surface area contributed by atoms with Crippen molar-refractivity contribution in [1.82, 2.24) is 4.90 Å². The quantitative estimate of drug-likeness (QED) is 0.702. The number of ether oxygens (including phenoxy) is 1. The van der Waals surface area contributed by atoms with E-state index < -0.39 is 0 Å². The van der Waals surface area contributed by atoms with Gasteiger partial charge in [0.25, 0.3) is 0 Å². The third-order valence-corrected chi connectivity index (χ3v) is 8.95. The zero-order valence-corrected chi connectivity index (χ0v) is 20.8. The van der Waals surface area contributed by atoms with Gasteiger partial charge in [0, 0.05) is 0 Å². The number of amides is 2. The predicted octanol–water partition coefficient (Wildman–Crippen LogP) is 4.41. The molecule has 2 aromatic carbocycles. The molecule has 1 aliphatic carbocycles. The van der Waals surface area contributed by atoms with Crippen molar-refractivity contribution in [2.45, 2.75) is 45.6 Å². The summed E-state index contributed by atoms with van der Waals surface area (Å²) in [6, 6.07) is 16.3. The van der Waals surface area contributed by atoms with Gasteiger partial charge in [-0.05, 0) is 78.8 Å². The second-order valence-electron chi connectivity index (χ2n) is 11.7. The Morgan fingerprint density at radius 1 is 1.09 bits per heavy atom. The number of rotatable bonds is 2. The van der Waals surface area contributed by atoms with Gasteiger partial charge in [-0.25, -0.2) is 0 Å². The first-order chi connectivity index (χ1) is 16.8. The van der Waals surface area contributed by atoms with Gasteiger partial charge in [0.1, 0.15) is 6.54 Å². The molecular weight excluding hydrogens is 438 g/mol. The number of hydrogen-bond donors (Lipinski definition) is 1. The summed E-state index contributed by atoms with van der Waals surface area (Å²) in [4.78, 5) is 29.3. The van der Waals surface area contributed by atoms with E-state index in [0.29, 0.717) is 18.2 Å². The van der Waals surface area contributed by atoms with Crippen molar-refractivity contribution < 1.29 is 14.3 Å². The first kappa shape index (κ1) is 22.7. The molecule has 2 amide bonds. The van der Waals surface area contributed by atoms with Gasteiger partial charge in [-0.15, -0.1) is 0 Å². The molecule has 0 radical (unpaired) electrons. The monoisotopic (exact) mass is 473 g/mol. The molecule has 2 aromatic rings. The first-order valence-electron chi connectivity index (χ1n) is 12.9. The van der Waals surface area contributed by atoms with Gasteiger partial charge >= 0.3 is 0 Å². The lowest BCUT2D eigenvalue weighted by Gasteiger charge is -2.55. The molecule has 1 spiro atoms. The minimum atomic E-state index is -0.139. The van der Waals surface area contributed by atoms with Crippen molar-refractivity contribution in [1.29, 1.82) is 0 Å². The molecule has 35 heavy (non-hydrogen) atoms. The Hall–Kier alpha value is -2.70. The largest absolute Gasteiger partial charge is 0.373 e.